The summed E-state index contributed by atoms with van der Waals surface area (Å²) in [5, 5.41) is 3.21. The number of amides is 1. The fraction of sp³-hybridized carbons (Fsp3) is 0.889. The Morgan fingerprint density at radius 1 is 1.69 bits per heavy atom. The summed E-state index contributed by atoms with van der Waals surface area (Å²) in [4.78, 5) is 11.0. The summed E-state index contributed by atoms with van der Waals surface area (Å²) in [6.07, 6.45) is 1.26. The molecule has 1 amide bonds. The lowest BCUT2D eigenvalue weighted by molar-refractivity contribution is -0.123. The first-order chi connectivity index (χ1) is 6.02. The van der Waals surface area contributed by atoms with Gasteiger partial charge in [0.05, 0.1) is 5.54 Å². The Labute approximate surface area is 83.8 Å². The molecule has 3 nitrogen and oxygen atoms in total. The molecule has 1 rings (SSSR count). The molecule has 0 aromatic heterocycles. The van der Waals surface area contributed by atoms with Crippen molar-refractivity contribution in [1.82, 2.24) is 5.32 Å². The topological polar surface area (TPSA) is 55.1 Å². The summed E-state index contributed by atoms with van der Waals surface area (Å²) in [5.74, 6) is 2.90. The monoisotopic (exact) mass is 202 g/mol. The second-order valence-corrected chi connectivity index (χ2v) is 5.25. The van der Waals surface area contributed by atoms with E-state index >= 15 is 0 Å². The van der Waals surface area contributed by atoms with Gasteiger partial charge in [-0.05, 0) is 44.2 Å². The maximum Gasteiger partial charge on any atom is 0.237 e. The fourth-order valence-corrected chi connectivity index (χ4v) is 2.52. The molecule has 1 unspecified atom stereocenters. The maximum atomic E-state index is 11.0. The SMILES string of the molecule is CC(C)(NCC1CCSC1)C(N)=O. The van der Waals surface area contributed by atoms with Crippen molar-refractivity contribution in [3.05, 3.63) is 0 Å². The second kappa shape index (κ2) is 4.33. The molecule has 76 valence electrons. The molecule has 1 atom stereocenters. The third-order valence-corrected chi connectivity index (χ3v) is 3.70. The van der Waals surface area contributed by atoms with Crippen molar-refractivity contribution < 1.29 is 4.79 Å². The smallest absolute Gasteiger partial charge is 0.237 e. The molecule has 3 N–H and O–H groups in total. The van der Waals surface area contributed by atoms with Gasteiger partial charge in [0.15, 0.2) is 0 Å². The lowest BCUT2D eigenvalue weighted by Crippen LogP contribution is -2.51. The van der Waals surface area contributed by atoms with Crippen LogP contribution < -0.4 is 11.1 Å². The van der Waals surface area contributed by atoms with Crippen LogP contribution in [0, 0.1) is 5.92 Å². The van der Waals surface area contributed by atoms with Crippen LogP contribution in [0.15, 0.2) is 0 Å². The zero-order chi connectivity index (χ0) is 9.90. The van der Waals surface area contributed by atoms with Crippen LogP contribution in [0.25, 0.3) is 0 Å². The third kappa shape index (κ3) is 3.19. The van der Waals surface area contributed by atoms with E-state index in [4.69, 9.17) is 5.73 Å². The van der Waals surface area contributed by atoms with Crippen LogP contribution in [0.2, 0.25) is 0 Å². The van der Waals surface area contributed by atoms with Crippen molar-refractivity contribution in [3.63, 3.8) is 0 Å². The van der Waals surface area contributed by atoms with Crippen molar-refractivity contribution in [2.24, 2.45) is 11.7 Å². The molecular weight excluding hydrogens is 184 g/mol. The average molecular weight is 202 g/mol. The predicted molar refractivity (Wildman–Crippen MR) is 56.7 cm³/mol. The molecule has 0 spiro atoms. The number of primary amides is 1. The molecule has 0 aromatic rings. The summed E-state index contributed by atoms with van der Waals surface area (Å²) in [5.41, 5.74) is 4.69. The number of hydrogen-bond donors (Lipinski definition) is 2. The molecule has 1 saturated heterocycles. The van der Waals surface area contributed by atoms with Gasteiger partial charge in [-0.1, -0.05) is 0 Å². The van der Waals surface area contributed by atoms with Crippen LogP contribution in [-0.2, 0) is 4.79 Å². The Kier molecular flexibility index (Phi) is 3.62. The summed E-state index contributed by atoms with van der Waals surface area (Å²) in [7, 11) is 0. The molecule has 0 aromatic carbocycles. The Morgan fingerprint density at radius 2 is 2.38 bits per heavy atom. The fourth-order valence-electron chi connectivity index (χ4n) is 1.23. The normalized spacial score (nSPS) is 23.4. The van der Waals surface area contributed by atoms with E-state index in [1.807, 2.05) is 25.6 Å². The Bertz CT molecular complexity index is 188. The molecule has 0 bridgehead atoms. The summed E-state index contributed by atoms with van der Waals surface area (Å²) in [6, 6.07) is 0. The number of carbonyl (C=O) groups excluding carboxylic acids is 1. The molecule has 1 aliphatic rings. The molecule has 1 aliphatic heterocycles. The molecule has 4 heteroatoms. The Balaban J connectivity index is 2.28. The minimum atomic E-state index is -0.562. The Hall–Kier alpha value is -0.220. The first-order valence-electron chi connectivity index (χ1n) is 4.65. The molecule has 1 heterocycles. The minimum Gasteiger partial charge on any atom is -0.368 e. The molecule has 13 heavy (non-hydrogen) atoms. The first kappa shape index (κ1) is 10.9. The van der Waals surface area contributed by atoms with Crippen molar-refractivity contribution >= 4 is 17.7 Å². The Morgan fingerprint density at radius 3 is 2.85 bits per heavy atom. The van der Waals surface area contributed by atoms with E-state index in [1.54, 1.807) is 0 Å². The number of rotatable bonds is 4. The summed E-state index contributed by atoms with van der Waals surface area (Å²) < 4.78 is 0. The maximum absolute atomic E-state index is 11.0. The van der Waals surface area contributed by atoms with Gasteiger partial charge in [0.2, 0.25) is 5.91 Å². The number of thioether (sulfide) groups is 1. The van der Waals surface area contributed by atoms with E-state index < -0.39 is 5.54 Å². The highest BCUT2D eigenvalue weighted by molar-refractivity contribution is 7.99. The lowest BCUT2D eigenvalue weighted by atomic mass is 10.0. The van der Waals surface area contributed by atoms with E-state index in [0.717, 1.165) is 6.54 Å². The number of nitrogens with one attached hydrogen (secondary N) is 1. The summed E-state index contributed by atoms with van der Waals surface area (Å²) in [6.45, 7) is 4.57. The first-order valence-corrected chi connectivity index (χ1v) is 5.80. The summed E-state index contributed by atoms with van der Waals surface area (Å²) >= 11 is 1.98. The van der Waals surface area contributed by atoms with Crippen LogP contribution in [0.4, 0.5) is 0 Å². The highest BCUT2D eigenvalue weighted by atomic mass is 32.2. The molecular formula is C9H18N2OS. The van der Waals surface area contributed by atoms with E-state index in [9.17, 15) is 4.79 Å². The van der Waals surface area contributed by atoms with Gasteiger partial charge in [-0.3, -0.25) is 4.79 Å². The van der Waals surface area contributed by atoms with Gasteiger partial charge in [0, 0.05) is 0 Å². The number of hydrogen-bond acceptors (Lipinski definition) is 3. The van der Waals surface area contributed by atoms with Crippen molar-refractivity contribution in [1.29, 1.82) is 0 Å². The molecule has 0 radical (unpaired) electrons. The van der Waals surface area contributed by atoms with Gasteiger partial charge in [-0.25, -0.2) is 0 Å². The average Bonchev–Trinajstić information content (AvgIpc) is 2.52. The van der Waals surface area contributed by atoms with Crippen LogP contribution in [-0.4, -0.2) is 29.5 Å². The van der Waals surface area contributed by atoms with Crippen LogP contribution in [0.3, 0.4) is 0 Å². The van der Waals surface area contributed by atoms with Gasteiger partial charge < -0.3 is 11.1 Å². The van der Waals surface area contributed by atoms with E-state index in [-0.39, 0.29) is 5.91 Å². The zero-order valence-corrected chi connectivity index (χ0v) is 9.12. The van der Waals surface area contributed by atoms with Crippen LogP contribution >= 0.6 is 11.8 Å². The molecule has 0 saturated carbocycles. The molecule has 0 aliphatic carbocycles. The van der Waals surface area contributed by atoms with Gasteiger partial charge in [0.1, 0.15) is 0 Å². The van der Waals surface area contributed by atoms with E-state index in [0.29, 0.717) is 5.92 Å². The molecule has 1 fully saturated rings. The highest BCUT2D eigenvalue weighted by Crippen LogP contribution is 2.23. The van der Waals surface area contributed by atoms with E-state index in [2.05, 4.69) is 5.32 Å². The highest BCUT2D eigenvalue weighted by Gasteiger charge is 2.26. The van der Waals surface area contributed by atoms with Gasteiger partial charge >= 0.3 is 0 Å². The van der Waals surface area contributed by atoms with Gasteiger partial charge in [-0.15, -0.1) is 0 Å². The van der Waals surface area contributed by atoms with E-state index in [1.165, 1.54) is 17.9 Å². The van der Waals surface area contributed by atoms with Crippen molar-refractivity contribution in [3.8, 4) is 0 Å². The van der Waals surface area contributed by atoms with Crippen molar-refractivity contribution in [2.75, 3.05) is 18.1 Å². The number of carbonyl (C=O) groups is 1. The largest absolute Gasteiger partial charge is 0.368 e. The van der Waals surface area contributed by atoms with Gasteiger partial charge in [-0.2, -0.15) is 11.8 Å². The second-order valence-electron chi connectivity index (χ2n) is 4.10. The minimum absolute atomic E-state index is 0.279. The lowest BCUT2D eigenvalue weighted by Gasteiger charge is -2.24. The van der Waals surface area contributed by atoms with Crippen molar-refractivity contribution in [2.45, 2.75) is 25.8 Å². The third-order valence-electron chi connectivity index (χ3n) is 2.47. The van der Waals surface area contributed by atoms with Gasteiger partial charge in [0.25, 0.3) is 0 Å². The van der Waals surface area contributed by atoms with Crippen LogP contribution in [0.5, 0.6) is 0 Å². The standard InChI is InChI=1S/C9H18N2OS/c1-9(2,8(10)12)11-5-7-3-4-13-6-7/h7,11H,3-6H2,1-2H3,(H2,10,12). The van der Waals surface area contributed by atoms with Crippen LogP contribution in [0.1, 0.15) is 20.3 Å². The zero-order valence-electron chi connectivity index (χ0n) is 8.30. The number of nitrogens with two attached hydrogens (primary N) is 1. The quantitative estimate of drug-likeness (QED) is 0.701. The predicted octanol–water partition coefficient (Wildman–Crippen LogP) is 0.593.